The lowest BCUT2D eigenvalue weighted by atomic mass is 9.86. The second-order valence-electron chi connectivity index (χ2n) is 10.7. The molecule has 6 rings (SSSR count). The van der Waals surface area contributed by atoms with E-state index in [-0.39, 0.29) is 42.2 Å². The van der Waals surface area contributed by atoms with Crippen molar-refractivity contribution in [1.29, 1.82) is 0 Å². The largest absolute Gasteiger partial charge is 0.481 e. The number of fused-ring (bicyclic) bond motifs is 4. The first-order valence-electron chi connectivity index (χ1n) is 12.1. The molecule has 2 aromatic carbocycles. The fourth-order valence-corrected chi connectivity index (χ4v) is 6.05. The molecule has 192 valence electrons. The summed E-state index contributed by atoms with van der Waals surface area (Å²) in [7, 11) is 0. The molecule has 0 radical (unpaired) electrons. The van der Waals surface area contributed by atoms with E-state index >= 15 is 4.39 Å². The molecule has 3 aliphatic rings. The Bertz CT molecular complexity index is 1440. The SMILES string of the molecule is CC1(C)CN(c2ccccc2C(F)(F)F)c2cc(COc3cc4c(cn3)[C@@H]3C(C(=O)O)[C@@H]3C4)c(F)cc21. The number of alkyl halides is 3. The Hall–Kier alpha value is -3.62. The van der Waals surface area contributed by atoms with Crippen LogP contribution in [0.1, 0.15) is 47.6 Å². The fraction of sp³-hybridized carbons (Fsp3) is 0.357. The van der Waals surface area contributed by atoms with Crippen LogP contribution in [0, 0.1) is 17.7 Å². The zero-order chi connectivity index (χ0) is 26.3. The number of hydrogen-bond acceptors (Lipinski definition) is 4. The van der Waals surface area contributed by atoms with E-state index in [4.69, 9.17) is 4.74 Å². The minimum Gasteiger partial charge on any atom is -0.481 e. The number of ether oxygens (including phenoxy) is 1. The van der Waals surface area contributed by atoms with Crippen molar-refractivity contribution < 1.29 is 32.2 Å². The van der Waals surface area contributed by atoms with Crippen LogP contribution < -0.4 is 9.64 Å². The van der Waals surface area contributed by atoms with Gasteiger partial charge in [-0.2, -0.15) is 13.2 Å². The smallest absolute Gasteiger partial charge is 0.418 e. The van der Waals surface area contributed by atoms with E-state index in [1.807, 2.05) is 13.8 Å². The number of pyridine rings is 1. The van der Waals surface area contributed by atoms with Gasteiger partial charge in [0.05, 0.1) is 17.2 Å². The average molecular weight is 513 g/mol. The van der Waals surface area contributed by atoms with Gasteiger partial charge in [0.2, 0.25) is 5.88 Å². The Kier molecular flexibility index (Phi) is 5.10. The second kappa shape index (κ2) is 7.94. The molecule has 0 amide bonds. The molecule has 5 nitrogen and oxygen atoms in total. The summed E-state index contributed by atoms with van der Waals surface area (Å²) >= 11 is 0. The van der Waals surface area contributed by atoms with E-state index in [1.54, 1.807) is 29.3 Å². The van der Waals surface area contributed by atoms with Crippen molar-refractivity contribution in [2.24, 2.45) is 11.8 Å². The molecule has 1 saturated carbocycles. The third-order valence-corrected chi connectivity index (χ3v) is 7.88. The van der Waals surface area contributed by atoms with Crippen molar-refractivity contribution in [3.05, 3.63) is 82.3 Å². The normalized spacial score (nSPS) is 22.9. The van der Waals surface area contributed by atoms with Crippen molar-refractivity contribution in [3.8, 4) is 5.88 Å². The van der Waals surface area contributed by atoms with Crippen LogP contribution in [-0.4, -0.2) is 22.6 Å². The van der Waals surface area contributed by atoms with Gasteiger partial charge in [-0.3, -0.25) is 4.79 Å². The van der Waals surface area contributed by atoms with Crippen LogP contribution in [-0.2, 0) is 29.4 Å². The predicted octanol–water partition coefficient (Wildman–Crippen LogP) is 6.22. The number of anilines is 2. The summed E-state index contributed by atoms with van der Waals surface area (Å²) in [4.78, 5) is 17.2. The molecule has 1 aliphatic heterocycles. The highest BCUT2D eigenvalue weighted by atomic mass is 19.4. The minimum atomic E-state index is -4.53. The Balaban J connectivity index is 1.28. The van der Waals surface area contributed by atoms with Gasteiger partial charge in [-0.05, 0) is 53.3 Å². The zero-order valence-corrected chi connectivity index (χ0v) is 20.1. The maximum absolute atomic E-state index is 15.1. The number of nitrogens with zero attached hydrogens (tertiary/aromatic N) is 2. The first kappa shape index (κ1) is 23.8. The Labute approximate surface area is 210 Å². The van der Waals surface area contributed by atoms with Gasteiger partial charge in [-0.25, -0.2) is 9.37 Å². The summed E-state index contributed by atoms with van der Waals surface area (Å²) in [6, 6.07) is 10.1. The molecule has 37 heavy (non-hydrogen) atoms. The zero-order valence-electron chi connectivity index (χ0n) is 20.1. The van der Waals surface area contributed by atoms with Gasteiger partial charge in [0.1, 0.15) is 12.4 Å². The van der Waals surface area contributed by atoms with Crippen molar-refractivity contribution in [2.45, 2.75) is 44.4 Å². The highest BCUT2D eigenvalue weighted by Crippen LogP contribution is 2.61. The number of aliphatic carboxylic acids is 1. The number of rotatable bonds is 5. The molecule has 2 heterocycles. The average Bonchev–Trinajstić information content (AvgIpc) is 3.33. The molecule has 0 spiro atoms. The maximum Gasteiger partial charge on any atom is 0.418 e. The molecule has 1 fully saturated rings. The second-order valence-corrected chi connectivity index (χ2v) is 10.7. The summed E-state index contributed by atoms with van der Waals surface area (Å²) in [5, 5.41) is 9.28. The van der Waals surface area contributed by atoms with E-state index in [0.29, 0.717) is 23.6 Å². The molecule has 0 bridgehead atoms. The van der Waals surface area contributed by atoms with Gasteiger partial charge in [0.15, 0.2) is 0 Å². The van der Waals surface area contributed by atoms with Crippen LogP contribution in [0.15, 0.2) is 48.7 Å². The lowest BCUT2D eigenvalue weighted by Crippen LogP contribution is -2.26. The lowest BCUT2D eigenvalue weighted by molar-refractivity contribution is -0.139. The van der Waals surface area contributed by atoms with Crippen molar-refractivity contribution >= 4 is 17.3 Å². The van der Waals surface area contributed by atoms with Gasteiger partial charge in [0, 0.05) is 41.4 Å². The van der Waals surface area contributed by atoms with E-state index < -0.39 is 28.9 Å². The molecule has 9 heteroatoms. The fourth-order valence-electron chi connectivity index (χ4n) is 6.05. The molecular weight excluding hydrogens is 488 g/mol. The van der Waals surface area contributed by atoms with Crippen molar-refractivity contribution in [1.82, 2.24) is 4.98 Å². The summed E-state index contributed by atoms with van der Waals surface area (Å²) in [6.45, 7) is 3.88. The molecule has 1 N–H and O–H groups in total. The van der Waals surface area contributed by atoms with E-state index in [1.165, 1.54) is 18.2 Å². The number of para-hydroxylation sites is 1. The molecule has 1 unspecified atom stereocenters. The first-order chi connectivity index (χ1) is 17.5. The third-order valence-electron chi connectivity index (χ3n) is 7.88. The molecule has 1 aromatic heterocycles. The first-order valence-corrected chi connectivity index (χ1v) is 12.1. The van der Waals surface area contributed by atoms with Gasteiger partial charge in [0.25, 0.3) is 0 Å². The van der Waals surface area contributed by atoms with E-state index in [9.17, 15) is 23.1 Å². The van der Waals surface area contributed by atoms with Crippen molar-refractivity contribution in [2.75, 3.05) is 11.4 Å². The van der Waals surface area contributed by atoms with Crippen LogP contribution in [0.4, 0.5) is 28.9 Å². The summed E-state index contributed by atoms with van der Waals surface area (Å²) in [6.07, 6.45) is -2.25. The number of carbonyl (C=O) groups is 1. The van der Waals surface area contributed by atoms with Crippen LogP contribution >= 0.6 is 0 Å². The molecular formula is C28H24F4N2O3. The highest BCUT2D eigenvalue weighted by Gasteiger charge is 2.60. The van der Waals surface area contributed by atoms with E-state index in [0.717, 1.165) is 17.2 Å². The topological polar surface area (TPSA) is 62.7 Å². The molecule has 0 saturated heterocycles. The highest BCUT2D eigenvalue weighted by molar-refractivity contribution is 5.78. The number of carboxylic acid groups (broad SMARTS) is 1. The van der Waals surface area contributed by atoms with Crippen LogP contribution in [0.2, 0.25) is 0 Å². The number of carboxylic acids is 1. The maximum atomic E-state index is 15.1. The molecule has 3 atom stereocenters. The lowest BCUT2D eigenvalue weighted by Gasteiger charge is -2.25. The van der Waals surface area contributed by atoms with Gasteiger partial charge >= 0.3 is 12.1 Å². The minimum absolute atomic E-state index is 0.00267. The number of halogens is 4. The molecule has 2 aliphatic carbocycles. The number of aromatic nitrogens is 1. The summed E-state index contributed by atoms with van der Waals surface area (Å²) in [5.41, 5.74) is 1.99. The summed E-state index contributed by atoms with van der Waals surface area (Å²) < 4.78 is 62.2. The Morgan fingerprint density at radius 3 is 2.68 bits per heavy atom. The quantitative estimate of drug-likeness (QED) is 0.412. The Morgan fingerprint density at radius 2 is 1.95 bits per heavy atom. The monoisotopic (exact) mass is 512 g/mol. The third kappa shape index (κ3) is 3.83. The van der Waals surface area contributed by atoms with Crippen LogP contribution in [0.5, 0.6) is 5.88 Å². The van der Waals surface area contributed by atoms with Crippen LogP contribution in [0.3, 0.4) is 0 Å². The standard InChI is InChI=1S/C28H24F4N2O3/c1-27(2)13-34(21-6-4-3-5-18(21)28(30,31)32)22-8-15(20(29)10-19(22)27)12-37-23-9-14-7-16-24(17(14)11-33-23)25(16)26(35)36/h3-6,8-11,16,24-25H,7,12-13H2,1-2H3,(H,35,36)/t16-,24-,25?/m1/s1. The van der Waals surface area contributed by atoms with Crippen LogP contribution in [0.25, 0.3) is 0 Å². The van der Waals surface area contributed by atoms with Gasteiger partial charge < -0.3 is 14.7 Å². The predicted molar refractivity (Wildman–Crippen MR) is 128 cm³/mol. The summed E-state index contributed by atoms with van der Waals surface area (Å²) in [5.74, 6) is -1.25. The number of benzene rings is 2. The van der Waals surface area contributed by atoms with Gasteiger partial charge in [-0.15, -0.1) is 0 Å². The van der Waals surface area contributed by atoms with Crippen molar-refractivity contribution in [3.63, 3.8) is 0 Å². The van der Waals surface area contributed by atoms with Gasteiger partial charge in [-0.1, -0.05) is 26.0 Å². The Morgan fingerprint density at radius 1 is 1.19 bits per heavy atom. The number of hydrogen-bond donors (Lipinski definition) is 1. The van der Waals surface area contributed by atoms with E-state index in [2.05, 4.69) is 4.98 Å². The molecule has 3 aromatic rings.